The number of H-pyrrole nitrogens is 1. The number of hydrogen-bond donors (Lipinski definition) is 3. The number of fused-ring (bicyclic) bond motifs is 1. The lowest BCUT2D eigenvalue weighted by Gasteiger charge is -2.19. The summed E-state index contributed by atoms with van der Waals surface area (Å²) in [5, 5.41) is 6.88. The molecular weight excluding hydrogens is 432 g/mol. The van der Waals surface area contributed by atoms with E-state index < -0.39 is 0 Å². The van der Waals surface area contributed by atoms with E-state index in [0.29, 0.717) is 28.2 Å². The van der Waals surface area contributed by atoms with Gasteiger partial charge in [-0.2, -0.15) is 0 Å². The molecule has 0 radical (unpaired) electrons. The number of rotatable bonds is 3. The number of nitrogens with zero attached hydrogens (tertiary/aromatic N) is 1. The Morgan fingerprint density at radius 2 is 2.11 bits per heavy atom. The molecule has 6 nitrogen and oxygen atoms in total. The van der Waals surface area contributed by atoms with Crippen molar-refractivity contribution in [1.29, 1.82) is 0 Å². The van der Waals surface area contributed by atoms with Gasteiger partial charge < -0.3 is 15.6 Å². The summed E-state index contributed by atoms with van der Waals surface area (Å²) in [4.78, 5) is 31.4. The van der Waals surface area contributed by atoms with Crippen molar-refractivity contribution in [3.8, 4) is 0 Å². The molecule has 1 aliphatic heterocycles. The zero-order chi connectivity index (χ0) is 19.0. The molecule has 1 aromatic heterocycles. The first-order valence-electron chi connectivity index (χ1n) is 8.47. The van der Waals surface area contributed by atoms with Crippen LogP contribution in [0.3, 0.4) is 0 Å². The van der Waals surface area contributed by atoms with Crippen molar-refractivity contribution in [2.45, 2.75) is 5.92 Å². The summed E-state index contributed by atoms with van der Waals surface area (Å²) in [6.07, 6.45) is 1.33. The Morgan fingerprint density at radius 1 is 1.26 bits per heavy atom. The van der Waals surface area contributed by atoms with Gasteiger partial charge in [0.25, 0.3) is 5.56 Å². The molecule has 3 N–H and O–H groups in total. The Morgan fingerprint density at radius 3 is 2.93 bits per heavy atom. The van der Waals surface area contributed by atoms with Gasteiger partial charge in [0.15, 0.2) is 0 Å². The van der Waals surface area contributed by atoms with Gasteiger partial charge in [0.05, 0.1) is 33.9 Å². The van der Waals surface area contributed by atoms with E-state index in [4.69, 9.17) is 11.6 Å². The molecule has 0 aliphatic carbocycles. The molecule has 138 valence electrons. The molecule has 0 unspecified atom stereocenters. The Balaban J connectivity index is 1.61. The number of anilines is 1. The van der Waals surface area contributed by atoms with Crippen LogP contribution < -0.4 is 16.2 Å². The molecule has 2 aromatic carbocycles. The number of aromatic amines is 1. The molecule has 4 rings (SSSR count). The van der Waals surface area contributed by atoms with Crippen molar-refractivity contribution in [1.82, 2.24) is 15.3 Å². The maximum Gasteiger partial charge on any atom is 0.258 e. The number of hydrogen-bond acceptors (Lipinski definition) is 4. The molecule has 0 bridgehead atoms. The summed E-state index contributed by atoms with van der Waals surface area (Å²) >= 11 is 9.77. The van der Waals surface area contributed by atoms with Gasteiger partial charge in [-0.25, -0.2) is 4.98 Å². The van der Waals surface area contributed by atoms with Crippen LogP contribution in [0.25, 0.3) is 10.9 Å². The van der Waals surface area contributed by atoms with Gasteiger partial charge in [-0.15, -0.1) is 0 Å². The summed E-state index contributed by atoms with van der Waals surface area (Å²) in [6, 6.07) is 11.2. The van der Waals surface area contributed by atoms with Crippen LogP contribution >= 0.6 is 27.5 Å². The van der Waals surface area contributed by atoms with Gasteiger partial charge >= 0.3 is 0 Å². The van der Waals surface area contributed by atoms with Crippen LogP contribution in [0.5, 0.6) is 0 Å². The fourth-order valence-electron chi connectivity index (χ4n) is 3.45. The van der Waals surface area contributed by atoms with E-state index in [-0.39, 0.29) is 23.3 Å². The number of carbonyl (C=O) groups excluding carboxylic acids is 1. The van der Waals surface area contributed by atoms with Crippen molar-refractivity contribution in [2.24, 2.45) is 5.92 Å². The number of benzene rings is 2. The van der Waals surface area contributed by atoms with Crippen molar-refractivity contribution in [2.75, 3.05) is 18.4 Å². The monoisotopic (exact) mass is 446 g/mol. The minimum atomic E-state index is -0.269. The Bertz CT molecular complexity index is 1080. The largest absolute Gasteiger partial charge is 0.324 e. The smallest absolute Gasteiger partial charge is 0.258 e. The Kier molecular flexibility index (Phi) is 4.99. The van der Waals surface area contributed by atoms with E-state index in [1.807, 2.05) is 24.3 Å². The van der Waals surface area contributed by atoms with Gasteiger partial charge in [0, 0.05) is 23.5 Å². The van der Waals surface area contributed by atoms with Gasteiger partial charge in [-0.05, 0) is 29.8 Å². The van der Waals surface area contributed by atoms with E-state index in [9.17, 15) is 9.59 Å². The topological polar surface area (TPSA) is 86.9 Å². The molecule has 8 heteroatoms. The maximum atomic E-state index is 12.9. The second kappa shape index (κ2) is 7.42. The van der Waals surface area contributed by atoms with Crippen LogP contribution in [-0.4, -0.2) is 29.0 Å². The third-order valence-corrected chi connectivity index (χ3v) is 5.62. The van der Waals surface area contributed by atoms with Crippen molar-refractivity contribution < 1.29 is 4.79 Å². The van der Waals surface area contributed by atoms with E-state index >= 15 is 0 Å². The zero-order valence-electron chi connectivity index (χ0n) is 14.1. The van der Waals surface area contributed by atoms with Crippen LogP contribution in [-0.2, 0) is 4.79 Å². The van der Waals surface area contributed by atoms with E-state index in [2.05, 4.69) is 36.5 Å². The van der Waals surface area contributed by atoms with Crippen LogP contribution in [0, 0.1) is 5.92 Å². The van der Waals surface area contributed by atoms with E-state index in [1.54, 1.807) is 6.07 Å². The lowest BCUT2D eigenvalue weighted by molar-refractivity contribution is -0.119. The first-order chi connectivity index (χ1) is 13.0. The molecule has 0 saturated carbocycles. The fraction of sp³-hybridized carbons (Fsp3) is 0.211. The van der Waals surface area contributed by atoms with Gasteiger partial charge in [0.1, 0.15) is 0 Å². The number of amides is 1. The summed E-state index contributed by atoms with van der Waals surface area (Å²) in [5.74, 6) is -0.267. The summed E-state index contributed by atoms with van der Waals surface area (Å²) in [5.41, 5.74) is 1.76. The summed E-state index contributed by atoms with van der Waals surface area (Å²) in [7, 11) is 0. The maximum absolute atomic E-state index is 12.9. The zero-order valence-corrected chi connectivity index (χ0v) is 16.5. The standard InChI is InChI=1S/C19H16BrClN4O2/c20-11-3-1-2-10(4-11)13-7-22-8-14(13)19(27)25-17-6-16-12(5-15(17)21)18(26)24-9-23-16/h1-6,9,13-14,22H,7-8H2,(H,25,27)(H,23,24,26)/t13-,14+/m1/s1. The molecule has 1 aliphatic rings. The summed E-state index contributed by atoms with van der Waals surface area (Å²) in [6.45, 7) is 1.32. The van der Waals surface area contributed by atoms with Gasteiger partial charge in [0.2, 0.25) is 5.91 Å². The molecule has 1 saturated heterocycles. The second-order valence-electron chi connectivity index (χ2n) is 6.50. The average Bonchev–Trinajstić information content (AvgIpc) is 3.13. The molecule has 1 amide bonds. The van der Waals surface area contributed by atoms with E-state index in [1.165, 1.54) is 12.4 Å². The van der Waals surface area contributed by atoms with Crippen molar-refractivity contribution in [3.05, 3.63) is 68.1 Å². The highest BCUT2D eigenvalue weighted by Gasteiger charge is 2.34. The minimum Gasteiger partial charge on any atom is -0.324 e. The SMILES string of the molecule is O=C(Nc1cc2nc[nH]c(=O)c2cc1Cl)[C@H]1CNC[C@@H]1c1cccc(Br)c1. The minimum absolute atomic E-state index is 0.0719. The van der Waals surface area contributed by atoms with Crippen molar-refractivity contribution in [3.63, 3.8) is 0 Å². The van der Waals surface area contributed by atoms with Crippen LogP contribution in [0.1, 0.15) is 11.5 Å². The fourth-order valence-corrected chi connectivity index (χ4v) is 4.08. The Labute approximate surface area is 168 Å². The lowest BCUT2D eigenvalue weighted by Crippen LogP contribution is -2.28. The molecule has 27 heavy (non-hydrogen) atoms. The third-order valence-electron chi connectivity index (χ3n) is 4.81. The highest BCUT2D eigenvalue weighted by Crippen LogP contribution is 2.32. The Hall–Kier alpha value is -2.22. The second-order valence-corrected chi connectivity index (χ2v) is 7.82. The predicted molar refractivity (Wildman–Crippen MR) is 109 cm³/mol. The average molecular weight is 448 g/mol. The van der Waals surface area contributed by atoms with Crippen molar-refractivity contribution >= 4 is 50.0 Å². The van der Waals surface area contributed by atoms with Gasteiger partial charge in [-0.3, -0.25) is 9.59 Å². The third kappa shape index (κ3) is 3.63. The predicted octanol–water partition coefficient (Wildman–Crippen LogP) is 3.28. The molecule has 2 heterocycles. The lowest BCUT2D eigenvalue weighted by atomic mass is 9.88. The quantitative estimate of drug-likeness (QED) is 0.575. The first-order valence-corrected chi connectivity index (χ1v) is 9.64. The number of carbonyl (C=O) groups is 1. The molecule has 2 atom stereocenters. The number of halogens is 2. The highest BCUT2D eigenvalue weighted by molar-refractivity contribution is 9.10. The molecular formula is C19H16BrClN4O2. The van der Waals surface area contributed by atoms with Crippen LogP contribution in [0.2, 0.25) is 5.02 Å². The van der Waals surface area contributed by atoms with Crippen LogP contribution in [0.15, 0.2) is 52.0 Å². The number of aromatic nitrogens is 2. The van der Waals surface area contributed by atoms with Crippen LogP contribution in [0.4, 0.5) is 5.69 Å². The number of nitrogens with one attached hydrogen (secondary N) is 3. The summed E-state index contributed by atoms with van der Waals surface area (Å²) < 4.78 is 0.986. The normalized spacial score (nSPS) is 19.3. The van der Waals surface area contributed by atoms with Gasteiger partial charge in [-0.1, -0.05) is 39.7 Å². The molecule has 1 fully saturated rings. The van der Waals surface area contributed by atoms with E-state index in [0.717, 1.165) is 16.6 Å². The molecule has 3 aromatic rings. The first kappa shape index (κ1) is 18.2. The molecule has 0 spiro atoms. The highest BCUT2D eigenvalue weighted by atomic mass is 79.9.